The zero-order valence-electron chi connectivity index (χ0n) is 14.9. The summed E-state index contributed by atoms with van der Waals surface area (Å²) in [6.45, 7) is 3.20. The second-order valence-electron chi connectivity index (χ2n) is 6.61. The van der Waals surface area contributed by atoms with E-state index in [9.17, 15) is 4.79 Å². The molecular weight excluding hydrogens is 334 g/mol. The fourth-order valence-electron chi connectivity index (χ4n) is 3.57. The van der Waals surface area contributed by atoms with Gasteiger partial charge >= 0.3 is 0 Å². The summed E-state index contributed by atoms with van der Waals surface area (Å²) in [4.78, 5) is 25.1. The van der Waals surface area contributed by atoms with Crippen molar-refractivity contribution in [3.63, 3.8) is 0 Å². The van der Waals surface area contributed by atoms with E-state index in [1.807, 2.05) is 22.9 Å². The third kappa shape index (κ3) is 3.30. The van der Waals surface area contributed by atoms with Gasteiger partial charge in [-0.05, 0) is 25.0 Å². The van der Waals surface area contributed by atoms with E-state index >= 15 is 0 Å². The van der Waals surface area contributed by atoms with Crippen LogP contribution in [0.5, 0.6) is 5.88 Å². The molecule has 138 valence electrons. The molecule has 4 rings (SSSR count). The zero-order valence-corrected chi connectivity index (χ0v) is 14.9. The van der Waals surface area contributed by atoms with Gasteiger partial charge in [-0.25, -0.2) is 10.0 Å². The Kier molecular flexibility index (Phi) is 4.85. The van der Waals surface area contributed by atoms with Gasteiger partial charge in [0.25, 0.3) is 5.91 Å². The van der Waals surface area contributed by atoms with Crippen molar-refractivity contribution in [1.82, 2.24) is 24.7 Å². The highest BCUT2D eigenvalue weighted by Gasteiger charge is 2.35. The number of amides is 1. The van der Waals surface area contributed by atoms with Crippen LogP contribution in [-0.4, -0.2) is 57.4 Å². The number of ether oxygens (including phenoxy) is 1. The molecule has 0 radical (unpaired) electrons. The molecule has 0 aromatic carbocycles. The Morgan fingerprint density at radius 1 is 1.35 bits per heavy atom. The minimum atomic E-state index is -0.380. The quantitative estimate of drug-likeness (QED) is 0.824. The normalized spacial score (nSPS) is 20.7. The first kappa shape index (κ1) is 17.0. The maximum absolute atomic E-state index is 13.0. The van der Waals surface area contributed by atoms with Gasteiger partial charge in [0.2, 0.25) is 5.88 Å². The maximum atomic E-state index is 13.0. The molecule has 2 aliphatic rings. The highest BCUT2D eigenvalue weighted by Crippen LogP contribution is 2.26. The van der Waals surface area contributed by atoms with Gasteiger partial charge in [0, 0.05) is 44.1 Å². The van der Waals surface area contributed by atoms with Gasteiger partial charge in [-0.15, -0.1) is 0 Å². The SMILES string of the molecule is COc1ncccc1CN1Cc2ccnn2C(C(=O)N2CCCCO2)C1. The number of methoxy groups -OCH3 is 1. The fraction of sp³-hybridized carbons (Fsp3) is 0.500. The summed E-state index contributed by atoms with van der Waals surface area (Å²) in [6.07, 6.45) is 5.43. The lowest BCUT2D eigenvalue weighted by molar-refractivity contribution is -0.201. The van der Waals surface area contributed by atoms with Crippen molar-refractivity contribution in [2.24, 2.45) is 0 Å². The van der Waals surface area contributed by atoms with E-state index < -0.39 is 0 Å². The summed E-state index contributed by atoms with van der Waals surface area (Å²) in [5.74, 6) is 0.589. The van der Waals surface area contributed by atoms with Crippen LogP contribution in [0.1, 0.15) is 30.1 Å². The Bertz CT molecular complexity index is 772. The van der Waals surface area contributed by atoms with E-state index in [0.29, 0.717) is 32.1 Å². The van der Waals surface area contributed by atoms with Crippen molar-refractivity contribution in [3.8, 4) is 5.88 Å². The highest BCUT2D eigenvalue weighted by molar-refractivity contribution is 5.80. The van der Waals surface area contributed by atoms with Crippen LogP contribution in [0.3, 0.4) is 0 Å². The Labute approximate surface area is 152 Å². The summed E-state index contributed by atoms with van der Waals surface area (Å²) in [6, 6.07) is 5.48. The van der Waals surface area contributed by atoms with Crippen LogP contribution in [0.15, 0.2) is 30.6 Å². The predicted molar refractivity (Wildman–Crippen MR) is 93.1 cm³/mol. The summed E-state index contributed by atoms with van der Waals surface area (Å²) in [5, 5.41) is 5.89. The molecule has 0 bridgehead atoms. The van der Waals surface area contributed by atoms with Crippen LogP contribution in [-0.2, 0) is 22.7 Å². The van der Waals surface area contributed by atoms with Crippen molar-refractivity contribution < 1.29 is 14.4 Å². The molecule has 1 atom stereocenters. The number of carbonyl (C=O) groups is 1. The molecule has 8 nitrogen and oxygen atoms in total. The van der Waals surface area contributed by atoms with Crippen molar-refractivity contribution in [3.05, 3.63) is 41.9 Å². The largest absolute Gasteiger partial charge is 0.481 e. The fourth-order valence-corrected chi connectivity index (χ4v) is 3.57. The molecule has 4 heterocycles. The van der Waals surface area contributed by atoms with Crippen LogP contribution < -0.4 is 4.74 Å². The molecule has 1 amide bonds. The average Bonchev–Trinajstić information content (AvgIpc) is 3.16. The van der Waals surface area contributed by atoms with E-state index in [2.05, 4.69) is 15.0 Å². The van der Waals surface area contributed by atoms with Crippen LogP contribution in [0, 0.1) is 0 Å². The lowest BCUT2D eigenvalue weighted by Crippen LogP contribution is -2.47. The highest BCUT2D eigenvalue weighted by atomic mass is 16.7. The summed E-state index contributed by atoms with van der Waals surface area (Å²) < 4.78 is 7.19. The van der Waals surface area contributed by atoms with Gasteiger partial charge in [0.15, 0.2) is 0 Å². The molecule has 8 heteroatoms. The molecule has 1 saturated heterocycles. The lowest BCUT2D eigenvalue weighted by Gasteiger charge is -2.36. The van der Waals surface area contributed by atoms with Crippen LogP contribution >= 0.6 is 0 Å². The van der Waals surface area contributed by atoms with Crippen molar-refractivity contribution in [1.29, 1.82) is 0 Å². The number of nitrogens with zero attached hydrogens (tertiary/aromatic N) is 5. The number of carbonyl (C=O) groups excluding carboxylic acids is 1. The number of rotatable bonds is 4. The number of hydrogen-bond acceptors (Lipinski definition) is 6. The Morgan fingerprint density at radius 2 is 2.27 bits per heavy atom. The summed E-state index contributed by atoms with van der Waals surface area (Å²) in [5.41, 5.74) is 2.03. The maximum Gasteiger partial charge on any atom is 0.272 e. The average molecular weight is 357 g/mol. The monoisotopic (exact) mass is 357 g/mol. The molecule has 0 spiro atoms. The predicted octanol–water partition coefficient (Wildman–Crippen LogP) is 1.40. The van der Waals surface area contributed by atoms with Crippen molar-refractivity contribution >= 4 is 5.91 Å². The molecule has 0 saturated carbocycles. The number of aromatic nitrogens is 3. The number of fused-ring (bicyclic) bond motifs is 1. The molecule has 2 aromatic heterocycles. The summed E-state index contributed by atoms with van der Waals surface area (Å²) >= 11 is 0. The standard InChI is InChI=1S/C18H23N5O3/c1-25-17-14(5-4-7-19-17)11-21-12-15-6-8-20-23(15)16(13-21)18(24)22-9-2-3-10-26-22/h4-8,16H,2-3,9-13H2,1H3. The Balaban J connectivity index is 1.55. The van der Waals surface area contributed by atoms with Crippen LogP contribution in [0.2, 0.25) is 0 Å². The van der Waals surface area contributed by atoms with Crippen molar-refractivity contribution in [2.75, 3.05) is 26.8 Å². The number of hydrogen-bond donors (Lipinski definition) is 0. The zero-order chi connectivity index (χ0) is 17.9. The Morgan fingerprint density at radius 3 is 3.08 bits per heavy atom. The number of hydroxylamine groups is 2. The molecule has 0 aliphatic carbocycles. The minimum Gasteiger partial charge on any atom is -0.481 e. The van der Waals surface area contributed by atoms with E-state index in [-0.39, 0.29) is 11.9 Å². The van der Waals surface area contributed by atoms with Gasteiger partial charge in [0.05, 0.1) is 19.4 Å². The first-order valence-electron chi connectivity index (χ1n) is 8.93. The molecule has 1 unspecified atom stereocenters. The Hall–Kier alpha value is -2.45. The minimum absolute atomic E-state index is 0.0301. The van der Waals surface area contributed by atoms with Gasteiger partial charge in [0.1, 0.15) is 6.04 Å². The summed E-state index contributed by atoms with van der Waals surface area (Å²) in [7, 11) is 1.62. The number of pyridine rings is 1. The van der Waals surface area contributed by atoms with Crippen LogP contribution in [0.4, 0.5) is 0 Å². The lowest BCUT2D eigenvalue weighted by atomic mass is 10.1. The molecule has 1 fully saturated rings. The smallest absolute Gasteiger partial charge is 0.272 e. The van der Waals surface area contributed by atoms with Gasteiger partial charge in [-0.2, -0.15) is 5.10 Å². The third-order valence-electron chi connectivity index (χ3n) is 4.84. The molecular formula is C18H23N5O3. The second kappa shape index (κ2) is 7.43. The van der Waals surface area contributed by atoms with Gasteiger partial charge in [-0.3, -0.25) is 19.2 Å². The first-order valence-corrected chi connectivity index (χ1v) is 8.93. The topological polar surface area (TPSA) is 72.7 Å². The van der Waals surface area contributed by atoms with Gasteiger partial charge < -0.3 is 4.74 Å². The molecule has 26 heavy (non-hydrogen) atoms. The second-order valence-corrected chi connectivity index (χ2v) is 6.61. The van der Waals surface area contributed by atoms with Crippen molar-refractivity contribution in [2.45, 2.75) is 32.0 Å². The van der Waals surface area contributed by atoms with Crippen LogP contribution in [0.25, 0.3) is 0 Å². The first-order chi connectivity index (χ1) is 12.8. The van der Waals surface area contributed by atoms with E-state index in [1.165, 1.54) is 5.06 Å². The molecule has 2 aliphatic heterocycles. The van der Waals surface area contributed by atoms with Gasteiger partial charge in [-0.1, -0.05) is 6.07 Å². The van der Waals surface area contributed by atoms with E-state index in [4.69, 9.17) is 9.57 Å². The third-order valence-corrected chi connectivity index (χ3v) is 4.84. The van der Waals surface area contributed by atoms with E-state index in [0.717, 1.165) is 30.6 Å². The van der Waals surface area contributed by atoms with E-state index in [1.54, 1.807) is 19.5 Å². The molecule has 0 N–H and O–H groups in total. The molecule has 2 aromatic rings.